The molecule has 0 bridgehead atoms. The Kier molecular flexibility index (Phi) is 7.56. The summed E-state index contributed by atoms with van der Waals surface area (Å²) in [5.74, 6) is -0.296. The summed E-state index contributed by atoms with van der Waals surface area (Å²) in [7, 11) is -2.72. The number of carbonyl (C=O) groups excluding carboxylic acids is 1. The molecule has 0 saturated carbocycles. The van der Waals surface area contributed by atoms with Crippen LogP contribution in [0.3, 0.4) is 0 Å². The summed E-state index contributed by atoms with van der Waals surface area (Å²) in [5, 5.41) is 3.04. The summed E-state index contributed by atoms with van der Waals surface area (Å²) in [6.45, 7) is 3.56. The molecule has 0 atom stereocenters. The van der Waals surface area contributed by atoms with Gasteiger partial charge in [-0.25, -0.2) is 8.42 Å². The molecule has 3 aromatic rings. The fraction of sp³-hybridized carbons (Fsp3) is 0.208. The molecule has 1 amide bonds. The SMILES string of the molecule is COc1ccc(Cl)cc1S(=O)(=O)N(CC(=O)Nc1ccc(C)c(C)c1)Cc1ccccc1. The van der Waals surface area contributed by atoms with Crippen molar-refractivity contribution < 1.29 is 17.9 Å². The molecule has 3 aromatic carbocycles. The highest BCUT2D eigenvalue weighted by Gasteiger charge is 2.30. The van der Waals surface area contributed by atoms with Crippen molar-refractivity contribution in [1.82, 2.24) is 4.31 Å². The molecule has 0 aliphatic rings. The van der Waals surface area contributed by atoms with Crippen molar-refractivity contribution in [1.29, 1.82) is 0 Å². The number of benzene rings is 3. The van der Waals surface area contributed by atoms with Crippen LogP contribution in [0.25, 0.3) is 0 Å². The van der Waals surface area contributed by atoms with E-state index in [0.29, 0.717) is 5.69 Å². The number of sulfonamides is 1. The molecule has 168 valence electrons. The van der Waals surface area contributed by atoms with Gasteiger partial charge in [-0.2, -0.15) is 4.31 Å². The Morgan fingerprint density at radius 2 is 1.72 bits per heavy atom. The number of anilines is 1. The van der Waals surface area contributed by atoms with Gasteiger partial charge in [-0.1, -0.05) is 48.0 Å². The van der Waals surface area contributed by atoms with Crippen LogP contribution < -0.4 is 10.1 Å². The van der Waals surface area contributed by atoms with E-state index in [1.54, 1.807) is 24.3 Å². The number of carbonyl (C=O) groups is 1. The van der Waals surface area contributed by atoms with Gasteiger partial charge in [0.2, 0.25) is 15.9 Å². The van der Waals surface area contributed by atoms with Crippen molar-refractivity contribution >= 4 is 33.2 Å². The summed E-state index contributed by atoms with van der Waals surface area (Å²) in [4.78, 5) is 12.7. The maximum atomic E-state index is 13.6. The summed E-state index contributed by atoms with van der Waals surface area (Å²) < 4.78 is 33.5. The molecule has 0 unspecified atom stereocenters. The lowest BCUT2D eigenvalue weighted by Gasteiger charge is -2.23. The van der Waals surface area contributed by atoms with E-state index in [2.05, 4.69) is 5.32 Å². The van der Waals surface area contributed by atoms with Gasteiger partial charge in [0.25, 0.3) is 0 Å². The van der Waals surface area contributed by atoms with Crippen molar-refractivity contribution in [3.8, 4) is 5.75 Å². The minimum atomic E-state index is -4.10. The smallest absolute Gasteiger partial charge is 0.247 e. The number of aryl methyl sites for hydroxylation is 2. The standard InChI is InChI=1S/C24H25ClN2O4S/c1-17-9-11-21(13-18(17)2)26-24(28)16-27(15-19-7-5-4-6-8-19)32(29,30)23-14-20(25)10-12-22(23)31-3/h4-14H,15-16H2,1-3H3,(H,26,28). The third kappa shape index (κ3) is 5.68. The lowest BCUT2D eigenvalue weighted by molar-refractivity contribution is -0.116. The maximum absolute atomic E-state index is 13.6. The average molecular weight is 473 g/mol. The number of hydrogen-bond acceptors (Lipinski definition) is 4. The number of ether oxygens (including phenoxy) is 1. The lowest BCUT2D eigenvalue weighted by Crippen LogP contribution is -2.37. The molecular formula is C24H25ClN2O4S. The van der Waals surface area contributed by atoms with Gasteiger partial charge in [0, 0.05) is 17.3 Å². The number of methoxy groups -OCH3 is 1. The van der Waals surface area contributed by atoms with E-state index < -0.39 is 15.9 Å². The predicted octanol–water partition coefficient (Wildman–Crippen LogP) is 4.80. The van der Waals surface area contributed by atoms with Crippen molar-refractivity contribution in [3.63, 3.8) is 0 Å². The molecule has 0 radical (unpaired) electrons. The number of amides is 1. The molecule has 0 fully saturated rings. The number of nitrogens with zero attached hydrogens (tertiary/aromatic N) is 1. The van der Waals surface area contributed by atoms with Crippen LogP contribution in [0.2, 0.25) is 5.02 Å². The highest BCUT2D eigenvalue weighted by atomic mass is 35.5. The number of halogens is 1. The van der Waals surface area contributed by atoms with Crippen LogP contribution >= 0.6 is 11.6 Å². The van der Waals surface area contributed by atoms with Crippen LogP contribution in [0.1, 0.15) is 16.7 Å². The fourth-order valence-corrected chi connectivity index (χ4v) is 4.99. The molecule has 6 nitrogen and oxygen atoms in total. The zero-order valence-electron chi connectivity index (χ0n) is 18.1. The van der Waals surface area contributed by atoms with E-state index in [1.807, 2.05) is 44.2 Å². The summed E-state index contributed by atoms with van der Waals surface area (Å²) in [6.07, 6.45) is 0. The van der Waals surface area contributed by atoms with Crippen LogP contribution in [0.5, 0.6) is 5.75 Å². The number of nitrogens with one attached hydrogen (secondary N) is 1. The highest BCUT2D eigenvalue weighted by Crippen LogP contribution is 2.30. The van der Waals surface area contributed by atoms with Gasteiger partial charge >= 0.3 is 0 Å². The van der Waals surface area contributed by atoms with Crippen LogP contribution in [0, 0.1) is 13.8 Å². The summed E-state index contributed by atoms with van der Waals surface area (Å²) in [5.41, 5.74) is 3.48. The second-order valence-electron chi connectivity index (χ2n) is 7.40. The number of rotatable bonds is 8. The Balaban J connectivity index is 1.93. The molecular weight excluding hydrogens is 448 g/mol. The van der Waals surface area contributed by atoms with Crippen LogP contribution in [0.15, 0.2) is 71.6 Å². The zero-order valence-corrected chi connectivity index (χ0v) is 19.7. The van der Waals surface area contributed by atoms with E-state index in [0.717, 1.165) is 21.0 Å². The number of hydrogen-bond donors (Lipinski definition) is 1. The predicted molar refractivity (Wildman–Crippen MR) is 127 cm³/mol. The first-order valence-corrected chi connectivity index (χ1v) is 11.8. The van der Waals surface area contributed by atoms with E-state index in [-0.39, 0.29) is 28.8 Å². The van der Waals surface area contributed by atoms with Crippen LogP contribution in [-0.2, 0) is 21.4 Å². The minimum absolute atomic E-state index is 0.0131. The maximum Gasteiger partial charge on any atom is 0.247 e. The first-order chi connectivity index (χ1) is 15.2. The first kappa shape index (κ1) is 23.8. The van der Waals surface area contributed by atoms with Gasteiger partial charge in [-0.05, 0) is 60.9 Å². The van der Waals surface area contributed by atoms with E-state index in [9.17, 15) is 13.2 Å². The highest BCUT2D eigenvalue weighted by molar-refractivity contribution is 7.89. The van der Waals surface area contributed by atoms with Crippen molar-refractivity contribution in [2.45, 2.75) is 25.3 Å². The molecule has 0 spiro atoms. The molecule has 8 heteroatoms. The van der Waals surface area contributed by atoms with Gasteiger partial charge < -0.3 is 10.1 Å². The van der Waals surface area contributed by atoms with E-state index in [1.165, 1.54) is 19.2 Å². The first-order valence-electron chi connectivity index (χ1n) is 9.95. The Bertz CT molecular complexity index is 1210. The Morgan fingerprint density at radius 3 is 2.38 bits per heavy atom. The van der Waals surface area contributed by atoms with Gasteiger partial charge in [-0.15, -0.1) is 0 Å². The van der Waals surface area contributed by atoms with Crippen molar-refractivity contribution in [3.05, 3.63) is 88.4 Å². The Hall–Kier alpha value is -2.87. The Labute approximate surface area is 193 Å². The quantitative estimate of drug-likeness (QED) is 0.511. The van der Waals surface area contributed by atoms with E-state index >= 15 is 0 Å². The second-order valence-corrected chi connectivity index (χ2v) is 9.74. The molecule has 0 heterocycles. The minimum Gasteiger partial charge on any atom is -0.495 e. The fourth-order valence-electron chi connectivity index (χ4n) is 3.18. The molecule has 3 rings (SSSR count). The van der Waals surface area contributed by atoms with E-state index in [4.69, 9.17) is 16.3 Å². The average Bonchev–Trinajstić information content (AvgIpc) is 2.76. The van der Waals surface area contributed by atoms with Gasteiger partial charge in [0.05, 0.1) is 13.7 Å². The monoisotopic (exact) mass is 472 g/mol. The zero-order chi connectivity index (χ0) is 23.3. The lowest BCUT2D eigenvalue weighted by atomic mass is 10.1. The van der Waals surface area contributed by atoms with Gasteiger partial charge in [0.15, 0.2) is 0 Å². The normalized spacial score (nSPS) is 11.4. The molecule has 0 aliphatic heterocycles. The largest absolute Gasteiger partial charge is 0.495 e. The summed E-state index contributed by atoms with van der Waals surface area (Å²) in [6, 6.07) is 19.0. The van der Waals surface area contributed by atoms with Crippen molar-refractivity contribution in [2.75, 3.05) is 19.0 Å². The molecule has 0 saturated heterocycles. The topological polar surface area (TPSA) is 75.7 Å². The van der Waals surface area contributed by atoms with Crippen molar-refractivity contribution in [2.24, 2.45) is 0 Å². The molecule has 0 aromatic heterocycles. The molecule has 32 heavy (non-hydrogen) atoms. The van der Waals surface area contributed by atoms with Crippen LogP contribution in [0.4, 0.5) is 5.69 Å². The summed E-state index contributed by atoms with van der Waals surface area (Å²) >= 11 is 6.07. The van der Waals surface area contributed by atoms with Gasteiger partial charge in [0.1, 0.15) is 10.6 Å². The second kappa shape index (κ2) is 10.2. The third-order valence-corrected chi connectivity index (χ3v) is 7.10. The van der Waals surface area contributed by atoms with Gasteiger partial charge in [-0.3, -0.25) is 4.79 Å². The third-order valence-electron chi connectivity index (χ3n) is 5.06. The van der Waals surface area contributed by atoms with Crippen LogP contribution in [-0.4, -0.2) is 32.3 Å². The molecule has 1 N–H and O–H groups in total. The molecule has 0 aliphatic carbocycles. The Morgan fingerprint density at radius 1 is 1.00 bits per heavy atom.